The van der Waals surface area contributed by atoms with Crippen LogP contribution in [0.4, 0.5) is 5.69 Å². The molecular weight excluding hydrogens is 278 g/mol. The molecule has 0 bridgehead atoms. The van der Waals surface area contributed by atoms with E-state index in [0.717, 1.165) is 5.54 Å². The minimum absolute atomic E-state index is 0.156. The topological polar surface area (TPSA) is 12.0 Å². The molecule has 3 heteroatoms. The van der Waals surface area contributed by atoms with Gasteiger partial charge in [-0.1, -0.05) is 38.1 Å². The monoisotopic (exact) mass is 296 g/mol. The maximum absolute atomic E-state index is 3.62. The lowest BCUT2D eigenvalue weighted by molar-refractivity contribution is 0.795. The van der Waals surface area contributed by atoms with Gasteiger partial charge in [-0.25, -0.2) is 0 Å². The first kappa shape index (κ1) is 12.2. The molecule has 1 unspecified atom stereocenters. The second-order valence-corrected chi connectivity index (χ2v) is 8.82. The van der Waals surface area contributed by atoms with Crippen molar-refractivity contribution in [3.63, 3.8) is 0 Å². The smallest absolute Gasteiger partial charge is 0.0530 e. The summed E-state index contributed by atoms with van der Waals surface area (Å²) in [5.74, 6) is 0. The number of halogens is 1. The third-order valence-corrected chi connectivity index (χ3v) is 7.62. The van der Waals surface area contributed by atoms with Crippen LogP contribution < -0.4 is 5.32 Å². The molecule has 0 saturated carbocycles. The van der Waals surface area contributed by atoms with Crippen LogP contribution in [-0.4, -0.2) is 15.3 Å². The summed E-state index contributed by atoms with van der Waals surface area (Å²) in [6.07, 6.45) is 1.28. The Labute approximate surface area is 108 Å². The summed E-state index contributed by atoms with van der Waals surface area (Å²) in [5.41, 5.74) is 3.73. The Morgan fingerprint density at radius 3 is 2.81 bits per heavy atom. The molecule has 1 N–H and O–H groups in total. The number of anilines is 1. The normalized spacial score (nSPS) is 19.4. The van der Waals surface area contributed by atoms with E-state index in [4.69, 9.17) is 0 Å². The SMILES string of the molecule is CC[Si](CC)C1CNc2c(Br)cccc2C1. The first-order valence-corrected chi connectivity index (χ1v) is 8.90. The molecule has 0 aromatic heterocycles. The van der Waals surface area contributed by atoms with Crippen molar-refractivity contribution in [1.29, 1.82) is 0 Å². The third kappa shape index (κ3) is 2.35. The lowest BCUT2D eigenvalue weighted by atomic mass is 10.0. The maximum atomic E-state index is 3.62. The van der Waals surface area contributed by atoms with Gasteiger partial charge in [-0.2, -0.15) is 0 Å². The summed E-state index contributed by atoms with van der Waals surface area (Å²) in [5, 5.41) is 3.61. The van der Waals surface area contributed by atoms with Gasteiger partial charge in [0.15, 0.2) is 0 Å². The van der Waals surface area contributed by atoms with Crippen molar-refractivity contribution in [1.82, 2.24) is 0 Å². The molecule has 2 rings (SSSR count). The van der Waals surface area contributed by atoms with E-state index in [9.17, 15) is 0 Å². The van der Waals surface area contributed by atoms with E-state index in [-0.39, 0.29) is 8.80 Å². The van der Waals surface area contributed by atoms with E-state index in [2.05, 4.69) is 53.3 Å². The molecule has 16 heavy (non-hydrogen) atoms. The Hall–Kier alpha value is -0.283. The highest BCUT2D eigenvalue weighted by Crippen LogP contribution is 2.35. The molecule has 1 aromatic rings. The largest absolute Gasteiger partial charge is 0.384 e. The zero-order valence-corrected chi connectivity index (χ0v) is 12.6. The standard InChI is InChI=1S/C13H19BrNSi/c1-3-16(4-2)11-8-10-6-5-7-12(14)13(10)15-9-11/h5-7,11,15H,3-4,8-9H2,1-2H3. The van der Waals surface area contributed by atoms with Crippen molar-refractivity contribution in [3.8, 4) is 0 Å². The van der Waals surface area contributed by atoms with E-state index in [1.807, 2.05) is 0 Å². The van der Waals surface area contributed by atoms with E-state index in [0.29, 0.717) is 0 Å². The molecule has 0 saturated heterocycles. The van der Waals surface area contributed by atoms with Crippen LogP contribution in [0.1, 0.15) is 19.4 Å². The van der Waals surface area contributed by atoms with Crippen molar-refractivity contribution < 1.29 is 0 Å². The molecule has 0 aliphatic carbocycles. The van der Waals surface area contributed by atoms with Crippen LogP contribution in [0, 0.1) is 0 Å². The van der Waals surface area contributed by atoms with E-state index >= 15 is 0 Å². The third-order valence-electron chi connectivity index (χ3n) is 3.58. The highest BCUT2D eigenvalue weighted by molar-refractivity contribution is 9.10. The lowest BCUT2D eigenvalue weighted by Crippen LogP contribution is -2.30. The van der Waals surface area contributed by atoms with Crippen LogP contribution in [0.3, 0.4) is 0 Å². The second-order valence-electron chi connectivity index (χ2n) is 4.42. The number of nitrogens with one attached hydrogen (secondary N) is 1. The van der Waals surface area contributed by atoms with Crippen LogP contribution in [-0.2, 0) is 6.42 Å². The highest BCUT2D eigenvalue weighted by atomic mass is 79.9. The summed E-state index contributed by atoms with van der Waals surface area (Å²) in [7, 11) is -0.156. The Bertz CT molecular complexity index is 363. The molecule has 0 fully saturated rings. The van der Waals surface area contributed by atoms with Crippen molar-refractivity contribution >= 4 is 30.4 Å². The minimum atomic E-state index is -0.156. The lowest BCUT2D eigenvalue weighted by Gasteiger charge is -2.31. The van der Waals surface area contributed by atoms with Gasteiger partial charge in [0, 0.05) is 11.0 Å². The molecule has 87 valence electrons. The number of para-hydroxylation sites is 1. The Balaban J connectivity index is 2.17. The maximum Gasteiger partial charge on any atom is 0.0530 e. The van der Waals surface area contributed by atoms with Gasteiger partial charge in [0.1, 0.15) is 0 Å². The molecule has 1 atom stereocenters. The van der Waals surface area contributed by atoms with Crippen molar-refractivity contribution in [3.05, 3.63) is 28.2 Å². The van der Waals surface area contributed by atoms with Gasteiger partial charge in [0.05, 0.1) is 14.5 Å². The van der Waals surface area contributed by atoms with E-state index in [1.54, 1.807) is 0 Å². The molecular formula is C13H19BrNSi. The summed E-state index contributed by atoms with van der Waals surface area (Å²) in [6.45, 7) is 5.88. The fourth-order valence-corrected chi connectivity index (χ4v) is 5.72. The summed E-state index contributed by atoms with van der Waals surface area (Å²) < 4.78 is 1.21. The first-order valence-electron chi connectivity index (χ1n) is 6.12. The second kappa shape index (κ2) is 5.37. The highest BCUT2D eigenvalue weighted by Gasteiger charge is 2.25. The summed E-state index contributed by atoms with van der Waals surface area (Å²) >= 11 is 3.62. The van der Waals surface area contributed by atoms with Gasteiger partial charge in [-0.3, -0.25) is 0 Å². The number of fused-ring (bicyclic) bond motifs is 1. The zero-order chi connectivity index (χ0) is 11.5. The molecule has 0 spiro atoms. The number of rotatable bonds is 3. The number of hydrogen-bond donors (Lipinski definition) is 1. The number of benzene rings is 1. The molecule has 1 aliphatic heterocycles. The van der Waals surface area contributed by atoms with Gasteiger partial charge in [-0.05, 0) is 39.5 Å². The van der Waals surface area contributed by atoms with Crippen molar-refractivity contribution in [2.75, 3.05) is 11.9 Å². The van der Waals surface area contributed by atoms with Gasteiger partial charge in [0.25, 0.3) is 0 Å². The summed E-state index contributed by atoms with van der Waals surface area (Å²) in [4.78, 5) is 0. The zero-order valence-electron chi connectivity index (χ0n) is 10.0. The predicted molar refractivity (Wildman–Crippen MR) is 76.8 cm³/mol. The fourth-order valence-electron chi connectivity index (χ4n) is 2.62. The van der Waals surface area contributed by atoms with Crippen molar-refractivity contribution in [2.24, 2.45) is 0 Å². The van der Waals surface area contributed by atoms with Gasteiger partial charge in [0.2, 0.25) is 0 Å². The fraction of sp³-hybridized carbons (Fsp3) is 0.538. The molecule has 1 aromatic carbocycles. The van der Waals surface area contributed by atoms with Crippen LogP contribution in [0.15, 0.2) is 22.7 Å². The van der Waals surface area contributed by atoms with Gasteiger partial charge >= 0.3 is 0 Å². The van der Waals surface area contributed by atoms with Crippen LogP contribution in [0.5, 0.6) is 0 Å². The molecule has 1 heterocycles. The Kier molecular flexibility index (Phi) is 4.09. The van der Waals surface area contributed by atoms with Crippen LogP contribution in [0.2, 0.25) is 17.6 Å². The first-order chi connectivity index (χ1) is 7.76. The Morgan fingerprint density at radius 1 is 1.38 bits per heavy atom. The van der Waals surface area contributed by atoms with Crippen LogP contribution in [0.25, 0.3) is 0 Å². The van der Waals surface area contributed by atoms with E-state index in [1.165, 1.54) is 40.8 Å². The summed E-state index contributed by atoms with van der Waals surface area (Å²) in [6, 6.07) is 9.34. The molecule has 1 nitrogen and oxygen atoms in total. The molecule has 1 radical (unpaired) electrons. The molecule has 1 aliphatic rings. The van der Waals surface area contributed by atoms with Crippen molar-refractivity contribution in [2.45, 2.75) is 37.9 Å². The van der Waals surface area contributed by atoms with Gasteiger partial charge < -0.3 is 5.32 Å². The molecule has 0 amide bonds. The average Bonchev–Trinajstić information content (AvgIpc) is 2.31. The van der Waals surface area contributed by atoms with Gasteiger partial charge in [-0.15, -0.1) is 0 Å². The predicted octanol–water partition coefficient (Wildman–Crippen LogP) is 4.32. The number of hydrogen-bond acceptors (Lipinski definition) is 1. The average molecular weight is 297 g/mol. The van der Waals surface area contributed by atoms with Crippen LogP contribution >= 0.6 is 15.9 Å². The van der Waals surface area contributed by atoms with E-state index < -0.39 is 0 Å². The minimum Gasteiger partial charge on any atom is -0.384 e. The Morgan fingerprint density at radius 2 is 2.12 bits per heavy atom. The quantitative estimate of drug-likeness (QED) is 0.819.